The van der Waals surface area contributed by atoms with Gasteiger partial charge < -0.3 is 10.4 Å². The molecule has 0 spiro atoms. The summed E-state index contributed by atoms with van der Waals surface area (Å²) in [6, 6.07) is 6.05. The zero-order valence-electron chi connectivity index (χ0n) is 9.05. The molecular weight excluding hydrogens is 224 g/mol. The first kappa shape index (κ1) is 12.9. The second kappa shape index (κ2) is 5.76. The minimum Gasteiger partial charge on any atom is -0.478 e. The lowest BCUT2D eigenvalue weighted by atomic mass is 10.2. The van der Waals surface area contributed by atoms with Gasteiger partial charge in [0.05, 0.1) is 4.92 Å². The van der Waals surface area contributed by atoms with Gasteiger partial charge in [0.2, 0.25) is 0 Å². The van der Waals surface area contributed by atoms with Crippen molar-refractivity contribution >= 4 is 11.7 Å². The molecule has 0 atom stereocenters. The van der Waals surface area contributed by atoms with E-state index in [1.807, 2.05) is 0 Å². The molecule has 0 aliphatic heterocycles. The number of aliphatic carboxylic acids is 1. The lowest BCUT2D eigenvalue weighted by Gasteiger charge is -2.04. The average molecular weight is 236 g/mol. The van der Waals surface area contributed by atoms with Crippen LogP contribution in [-0.2, 0) is 11.3 Å². The number of nitro benzene ring substituents is 1. The SMILES string of the molecule is C=C(CNCc1ccc([N+](=O)[O-])cc1)C(=O)O. The molecule has 0 aliphatic rings. The van der Waals surface area contributed by atoms with Crippen molar-refractivity contribution in [2.75, 3.05) is 6.54 Å². The summed E-state index contributed by atoms with van der Waals surface area (Å²) in [5.74, 6) is -1.04. The molecule has 1 rings (SSSR count). The van der Waals surface area contributed by atoms with Gasteiger partial charge in [0.25, 0.3) is 5.69 Å². The number of nitro groups is 1. The number of nitrogens with one attached hydrogen (secondary N) is 1. The summed E-state index contributed by atoms with van der Waals surface area (Å²) < 4.78 is 0. The predicted molar refractivity (Wildman–Crippen MR) is 61.6 cm³/mol. The van der Waals surface area contributed by atoms with Crippen LogP contribution in [0.4, 0.5) is 5.69 Å². The summed E-state index contributed by atoms with van der Waals surface area (Å²) in [7, 11) is 0. The highest BCUT2D eigenvalue weighted by molar-refractivity contribution is 5.86. The molecule has 0 unspecified atom stereocenters. The van der Waals surface area contributed by atoms with E-state index >= 15 is 0 Å². The van der Waals surface area contributed by atoms with Crippen LogP contribution in [-0.4, -0.2) is 22.5 Å². The van der Waals surface area contributed by atoms with Crippen molar-refractivity contribution in [3.63, 3.8) is 0 Å². The molecule has 2 N–H and O–H groups in total. The van der Waals surface area contributed by atoms with Crippen LogP contribution in [0.2, 0.25) is 0 Å². The van der Waals surface area contributed by atoms with Gasteiger partial charge in [-0.05, 0) is 5.56 Å². The van der Waals surface area contributed by atoms with Crippen molar-refractivity contribution in [2.24, 2.45) is 0 Å². The van der Waals surface area contributed by atoms with E-state index in [0.29, 0.717) is 6.54 Å². The number of carbonyl (C=O) groups is 1. The Morgan fingerprint density at radius 2 is 2.00 bits per heavy atom. The van der Waals surface area contributed by atoms with E-state index in [0.717, 1.165) is 5.56 Å². The first-order chi connectivity index (χ1) is 8.00. The molecule has 0 aromatic heterocycles. The number of benzene rings is 1. The molecule has 0 heterocycles. The second-order valence-electron chi connectivity index (χ2n) is 3.44. The van der Waals surface area contributed by atoms with Crippen LogP contribution in [0.5, 0.6) is 0 Å². The van der Waals surface area contributed by atoms with Gasteiger partial charge in [-0.15, -0.1) is 0 Å². The third-order valence-electron chi connectivity index (χ3n) is 2.12. The molecule has 17 heavy (non-hydrogen) atoms. The van der Waals surface area contributed by atoms with Crippen molar-refractivity contribution in [2.45, 2.75) is 6.54 Å². The Morgan fingerprint density at radius 3 is 2.47 bits per heavy atom. The molecule has 0 amide bonds. The highest BCUT2D eigenvalue weighted by atomic mass is 16.6. The maximum absolute atomic E-state index is 10.4. The number of hydrogen-bond acceptors (Lipinski definition) is 4. The largest absolute Gasteiger partial charge is 0.478 e. The first-order valence-electron chi connectivity index (χ1n) is 4.86. The van der Waals surface area contributed by atoms with Crippen LogP contribution in [0.1, 0.15) is 5.56 Å². The lowest BCUT2D eigenvalue weighted by molar-refractivity contribution is -0.384. The van der Waals surface area contributed by atoms with Crippen molar-refractivity contribution in [3.8, 4) is 0 Å². The minimum absolute atomic E-state index is 0.0312. The van der Waals surface area contributed by atoms with Crippen molar-refractivity contribution in [1.29, 1.82) is 0 Å². The van der Waals surface area contributed by atoms with Crippen LogP contribution >= 0.6 is 0 Å². The molecule has 0 radical (unpaired) electrons. The van der Waals surface area contributed by atoms with Crippen molar-refractivity contribution < 1.29 is 14.8 Å². The Morgan fingerprint density at radius 1 is 1.41 bits per heavy atom. The molecule has 6 heteroatoms. The molecule has 0 bridgehead atoms. The molecule has 0 aliphatic carbocycles. The van der Waals surface area contributed by atoms with E-state index in [1.54, 1.807) is 12.1 Å². The molecule has 0 saturated carbocycles. The normalized spacial score (nSPS) is 9.88. The standard InChI is InChI=1S/C11H12N2O4/c1-8(11(14)15)6-12-7-9-2-4-10(5-3-9)13(16)17/h2-5,12H,1,6-7H2,(H,14,15). The monoisotopic (exact) mass is 236 g/mol. The Hall–Kier alpha value is -2.21. The van der Waals surface area contributed by atoms with Gasteiger partial charge in [0.15, 0.2) is 0 Å². The lowest BCUT2D eigenvalue weighted by Crippen LogP contribution is -2.19. The molecule has 0 fully saturated rings. The number of hydrogen-bond donors (Lipinski definition) is 2. The Bertz CT molecular complexity index is 439. The number of carboxylic acid groups (broad SMARTS) is 1. The van der Waals surface area contributed by atoms with Gasteiger partial charge in [0, 0.05) is 30.8 Å². The van der Waals surface area contributed by atoms with Gasteiger partial charge in [-0.3, -0.25) is 10.1 Å². The van der Waals surface area contributed by atoms with Crippen LogP contribution in [0, 0.1) is 10.1 Å². The number of nitrogens with zero attached hydrogens (tertiary/aromatic N) is 1. The van der Waals surface area contributed by atoms with Crippen molar-refractivity contribution in [1.82, 2.24) is 5.32 Å². The van der Waals surface area contributed by atoms with E-state index in [9.17, 15) is 14.9 Å². The van der Waals surface area contributed by atoms with Gasteiger partial charge in [-0.1, -0.05) is 18.7 Å². The zero-order valence-corrected chi connectivity index (χ0v) is 9.05. The summed E-state index contributed by atoms with van der Waals surface area (Å²) >= 11 is 0. The molecule has 90 valence electrons. The van der Waals surface area contributed by atoms with Gasteiger partial charge in [-0.25, -0.2) is 4.79 Å². The summed E-state index contributed by atoms with van der Waals surface area (Å²) in [4.78, 5) is 20.4. The third-order valence-corrected chi connectivity index (χ3v) is 2.12. The summed E-state index contributed by atoms with van der Waals surface area (Å²) in [5.41, 5.74) is 0.949. The number of rotatable bonds is 6. The fourth-order valence-corrected chi connectivity index (χ4v) is 1.17. The van der Waals surface area contributed by atoms with E-state index in [-0.39, 0.29) is 17.8 Å². The van der Waals surface area contributed by atoms with E-state index in [4.69, 9.17) is 5.11 Å². The smallest absolute Gasteiger partial charge is 0.332 e. The summed E-state index contributed by atoms with van der Waals surface area (Å²) in [5, 5.41) is 21.8. The van der Waals surface area contributed by atoms with E-state index in [1.165, 1.54) is 12.1 Å². The van der Waals surface area contributed by atoms with Gasteiger partial charge in [-0.2, -0.15) is 0 Å². The maximum Gasteiger partial charge on any atom is 0.332 e. The van der Waals surface area contributed by atoms with Crippen LogP contribution in [0.25, 0.3) is 0 Å². The first-order valence-corrected chi connectivity index (χ1v) is 4.86. The Kier molecular flexibility index (Phi) is 4.36. The van der Waals surface area contributed by atoms with Crippen LogP contribution in [0.15, 0.2) is 36.4 Å². The minimum atomic E-state index is -1.04. The average Bonchev–Trinajstić information content (AvgIpc) is 2.29. The molecule has 1 aromatic carbocycles. The molecular formula is C11H12N2O4. The highest BCUT2D eigenvalue weighted by Gasteiger charge is 2.05. The second-order valence-corrected chi connectivity index (χ2v) is 3.44. The fraction of sp³-hybridized carbons (Fsp3) is 0.182. The molecule has 1 aromatic rings. The topological polar surface area (TPSA) is 92.5 Å². The number of carboxylic acids is 1. The van der Waals surface area contributed by atoms with Crippen LogP contribution in [0.3, 0.4) is 0 Å². The fourth-order valence-electron chi connectivity index (χ4n) is 1.17. The Labute approximate surface area is 97.7 Å². The summed E-state index contributed by atoms with van der Waals surface area (Å²) in [6.07, 6.45) is 0. The third kappa shape index (κ3) is 4.04. The van der Waals surface area contributed by atoms with Gasteiger partial charge in [0.1, 0.15) is 0 Å². The quantitative estimate of drug-likeness (QED) is 0.441. The van der Waals surface area contributed by atoms with Gasteiger partial charge >= 0.3 is 5.97 Å². The molecule has 6 nitrogen and oxygen atoms in total. The van der Waals surface area contributed by atoms with E-state index in [2.05, 4.69) is 11.9 Å². The molecule has 0 saturated heterocycles. The number of non-ortho nitro benzene ring substituents is 1. The van der Waals surface area contributed by atoms with E-state index < -0.39 is 10.9 Å². The van der Waals surface area contributed by atoms with Crippen molar-refractivity contribution in [3.05, 3.63) is 52.1 Å². The Balaban J connectivity index is 2.45. The highest BCUT2D eigenvalue weighted by Crippen LogP contribution is 2.11. The zero-order chi connectivity index (χ0) is 12.8. The maximum atomic E-state index is 10.4. The predicted octanol–water partition coefficient (Wildman–Crippen LogP) is 1.33. The van der Waals surface area contributed by atoms with Crippen LogP contribution < -0.4 is 5.32 Å². The summed E-state index contributed by atoms with van der Waals surface area (Å²) in [6.45, 7) is 3.98.